The molecule has 1 rings (SSSR count). The predicted molar refractivity (Wildman–Crippen MR) is 106 cm³/mol. The summed E-state index contributed by atoms with van der Waals surface area (Å²) in [5.74, 6) is -0.911. The summed E-state index contributed by atoms with van der Waals surface area (Å²) in [6, 6.07) is 7.69. The number of carbonyl (C=O) groups is 3. The lowest BCUT2D eigenvalue weighted by Crippen LogP contribution is -2.54. The van der Waals surface area contributed by atoms with Crippen LogP contribution in [0.25, 0.3) is 0 Å². The van der Waals surface area contributed by atoms with Crippen molar-refractivity contribution < 1.29 is 23.9 Å². The Kier molecular flexibility index (Phi) is 10.1. The molecule has 28 heavy (non-hydrogen) atoms. The number of nitrogens with one attached hydrogen (secondary N) is 2. The molecule has 7 nitrogen and oxygen atoms in total. The fraction of sp³-hybridized carbons (Fsp3) is 0.571. The zero-order valence-corrected chi connectivity index (χ0v) is 17.4. The van der Waals surface area contributed by atoms with Crippen molar-refractivity contribution in [3.05, 3.63) is 35.9 Å². The summed E-state index contributed by atoms with van der Waals surface area (Å²) in [4.78, 5) is 37.0. The van der Waals surface area contributed by atoms with Crippen LogP contribution in [0.15, 0.2) is 30.3 Å². The van der Waals surface area contributed by atoms with Gasteiger partial charge in [-0.2, -0.15) is 0 Å². The average molecular weight is 392 g/mol. The first-order valence-corrected chi connectivity index (χ1v) is 9.68. The van der Waals surface area contributed by atoms with Crippen molar-refractivity contribution in [2.75, 3.05) is 6.61 Å². The summed E-state index contributed by atoms with van der Waals surface area (Å²) in [6.07, 6.45) is -0.234. The van der Waals surface area contributed by atoms with Crippen LogP contribution in [0.4, 0.5) is 4.79 Å². The molecule has 2 atom stereocenters. The molecule has 0 bridgehead atoms. The molecule has 156 valence electrons. The monoisotopic (exact) mass is 392 g/mol. The van der Waals surface area contributed by atoms with Gasteiger partial charge in [-0.05, 0) is 30.7 Å². The Morgan fingerprint density at radius 1 is 0.964 bits per heavy atom. The number of hydrogen-bond acceptors (Lipinski definition) is 5. The normalized spacial score (nSPS) is 13.0. The van der Waals surface area contributed by atoms with Gasteiger partial charge in [-0.15, -0.1) is 0 Å². The van der Waals surface area contributed by atoms with Crippen molar-refractivity contribution >= 4 is 18.0 Å². The van der Waals surface area contributed by atoms with Crippen molar-refractivity contribution in [1.82, 2.24) is 10.6 Å². The molecule has 0 saturated heterocycles. The van der Waals surface area contributed by atoms with Crippen LogP contribution in [-0.2, 0) is 25.7 Å². The van der Waals surface area contributed by atoms with E-state index in [1.165, 1.54) is 0 Å². The summed E-state index contributed by atoms with van der Waals surface area (Å²) < 4.78 is 10.2. The van der Waals surface area contributed by atoms with E-state index >= 15 is 0 Å². The van der Waals surface area contributed by atoms with Gasteiger partial charge in [0.25, 0.3) is 0 Å². The number of rotatable bonds is 10. The molecule has 0 aromatic heterocycles. The van der Waals surface area contributed by atoms with E-state index in [1.807, 2.05) is 58.0 Å². The maximum absolute atomic E-state index is 12.7. The van der Waals surface area contributed by atoms with E-state index in [1.54, 1.807) is 6.92 Å². The van der Waals surface area contributed by atoms with E-state index < -0.39 is 30.1 Å². The summed E-state index contributed by atoms with van der Waals surface area (Å²) in [7, 11) is 0. The molecule has 7 heteroatoms. The third-order valence-corrected chi connectivity index (χ3v) is 4.03. The molecule has 1 aromatic rings. The number of benzene rings is 1. The highest BCUT2D eigenvalue weighted by atomic mass is 16.5. The van der Waals surface area contributed by atoms with Crippen LogP contribution < -0.4 is 10.6 Å². The van der Waals surface area contributed by atoms with Gasteiger partial charge in [0.2, 0.25) is 5.91 Å². The van der Waals surface area contributed by atoms with Crippen LogP contribution in [0.3, 0.4) is 0 Å². The van der Waals surface area contributed by atoms with E-state index in [-0.39, 0.29) is 25.0 Å². The highest BCUT2D eigenvalue weighted by Crippen LogP contribution is 2.09. The van der Waals surface area contributed by atoms with Gasteiger partial charge in [0.15, 0.2) is 0 Å². The third-order valence-electron chi connectivity index (χ3n) is 4.03. The van der Waals surface area contributed by atoms with E-state index in [0.29, 0.717) is 6.42 Å². The van der Waals surface area contributed by atoms with Gasteiger partial charge in [-0.1, -0.05) is 58.0 Å². The predicted octanol–water partition coefficient (Wildman–Crippen LogP) is 3.03. The number of carbonyl (C=O) groups excluding carboxylic acids is 3. The van der Waals surface area contributed by atoms with E-state index in [4.69, 9.17) is 9.47 Å². The number of amides is 2. The summed E-state index contributed by atoms with van der Waals surface area (Å²) in [6.45, 7) is 9.59. The lowest BCUT2D eigenvalue weighted by atomic mass is 10.0. The quantitative estimate of drug-likeness (QED) is 0.597. The first kappa shape index (κ1) is 23.5. The van der Waals surface area contributed by atoms with E-state index in [9.17, 15) is 14.4 Å². The minimum absolute atomic E-state index is 0.109. The second-order valence-electron chi connectivity index (χ2n) is 7.37. The third kappa shape index (κ3) is 8.41. The first-order valence-electron chi connectivity index (χ1n) is 9.68. The van der Waals surface area contributed by atoms with E-state index in [0.717, 1.165) is 5.56 Å². The van der Waals surface area contributed by atoms with Crippen LogP contribution in [0.2, 0.25) is 0 Å². The number of esters is 1. The summed E-state index contributed by atoms with van der Waals surface area (Å²) in [5.41, 5.74) is 0.850. The van der Waals surface area contributed by atoms with Gasteiger partial charge in [-0.3, -0.25) is 4.79 Å². The van der Waals surface area contributed by atoms with Crippen molar-refractivity contribution in [1.29, 1.82) is 0 Å². The second-order valence-corrected chi connectivity index (χ2v) is 7.37. The van der Waals surface area contributed by atoms with Gasteiger partial charge < -0.3 is 20.1 Å². The molecule has 2 amide bonds. The van der Waals surface area contributed by atoms with Crippen molar-refractivity contribution in [2.24, 2.45) is 11.8 Å². The molecule has 0 fully saturated rings. The second kappa shape index (κ2) is 12.0. The van der Waals surface area contributed by atoms with Crippen LogP contribution in [-0.4, -0.2) is 36.7 Å². The maximum Gasteiger partial charge on any atom is 0.408 e. The summed E-state index contributed by atoms with van der Waals surface area (Å²) in [5, 5.41) is 5.30. The molecular weight excluding hydrogens is 360 g/mol. The lowest BCUT2D eigenvalue weighted by molar-refractivity contribution is -0.148. The molecule has 2 N–H and O–H groups in total. The van der Waals surface area contributed by atoms with E-state index in [2.05, 4.69) is 10.6 Å². The molecule has 0 aliphatic rings. The zero-order chi connectivity index (χ0) is 21.1. The minimum Gasteiger partial charge on any atom is -0.464 e. The molecule has 0 saturated carbocycles. The van der Waals surface area contributed by atoms with Crippen LogP contribution in [0.1, 0.15) is 46.6 Å². The van der Waals surface area contributed by atoms with Gasteiger partial charge in [0.05, 0.1) is 6.61 Å². The Bertz CT molecular complexity index is 631. The maximum atomic E-state index is 12.7. The molecule has 0 unspecified atom stereocenters. The molecule has 0 heterocycles. The summed E-state index contributed by atoms with van der Waals surface area (Å²) >= 11 is 0. The van der Waals surface area contributed by atoms with Crippen molar-refractivity contribution in [2.45, 2.75) is 59.7 Å². The Balaban J connectivity index is 2.69. The van der Waals surface area contributed by atoms with Crippen LogP contribution >= 0.6 is 0 Å². The van der Waals surface area contributed by atoms with Gasteiger partial charge in [0, 0.05) is 0 Å². The van der Waals surface area contributed by atoms with Gasteiger partial charge >= 0.3 is 12.1 Å². The standard InChI is InChI=1S/C21H32N2O5/c1-6-27-20(25)17(12-14(2)3)22-19(24)18(15(4)5)23-21(26)28-13-16-10-8-7-9-11-16/h7-11,14-15,17-18H,6,12-13H2,1-5H3,(H,22,24)(H,23,26)/t17-,18-/m0/s1. The highest BCUT2D eigenvalue weighted by Gasteiger charge is 2.30. The molecule has 0 aliphatic heterocycles. The van der Waals surface area contributed by atoms with Crippen LogP contribution in [0.5, 0.6) is 0 Å². The Morgan fingerprint density at radius 2 is 1.61 bits per heavy atom. The topological polar surface area (TPSA) is 93.7 Å². The number of ether oxygens (including phenoxy) is 2. The highest BCUT2D eigenvalue weighted by molar-refractivity contribution is 5.89. The average Bonchev–Trinajstić information content (AvgIpc) is 2.64. The number of alkyl carbamates (subject to hydrolysis) is 1. The fourth-order valence-corrected chi connectivity index (χ4v) is 2.62. The van der Waals surface area contributed by atoms with Crippen molar-refractivity contribution in [3.8, 4) is 0 Å². The Hall–Kier alpha value is -2.57. The minimum atomic E-state index is -0.827. The van der Waals surface area contributed by atoms with Gasteiger partial charge in [-0.25, -0.2) is 9.59 Å². The van der Waals surface area contributed by atoms with Crippen molar-refractivity contribution in [3.63, 3.8) is 0 Å². The molecule has 0 spiro atoms. The largest absolute Gasteiger partial charge is 0.464 e. The smallest absolute Gasteiger partial charge is 0.408 e. The van der Waals surface area contributed by atoms with Crippen LogP contribution in [0, 0.1) is 11.8 Å². The fourth-order valence-electron chi connectivity index (χ4n) is 2.62. The number of hydrogen-bond donors (Lipinski definition) is 2. The SMILES string of the molecule is CCOC(=O)[C@H](CC(C)C)NC(=O)[C@@H](NC(=O)OCc1ccccc1)C(C)C. The molecule has 1 aromatic carbocycles. The zero-order valence-electron chi connectivity index (χ0n) is 17.4. The van der Waals surface area contributed by atoms with Gasteiger partial charge in [0.1, 0.15) is 18.7 Å². The Labute approximate surface area is 167 Å². The molecule has 0 radical (unpaired) electrons. The first-order chi connectivity index (χ1) is 13.2. The molecule has 0 aliphatic carbocycles. The Morgan fingerprint density at radius 3 is 2.14 bits per heavy atom. The molecular formula is C21H32N2O5. The lowest BCUT2D eigenvalue weighted by Gasteiger charge is -2.25.